The normalized spacial score (nSPS) is 12.6. The Labute approximate surface area is 125 Å². The van der Waals surface area contributed by atoms with Crippen molar-refractivity contribution in [1.29, 1.82) is 0 Å². The van der Waals surface area contributed by atoms with Gasteiger partial charge in [-0.3, -0.25) is 9.36 Å². The Bertz CT molecular complexity index is 681. The Balaban J connectivity index is 2.48. The lowest BCUT2D eigenvalue weighted by atomic mass is 10.1. The van der Waals surface area contributed by atoms with E-state index in [0.29, 0.717) is 28.4 Å². The van der Waals surface area contributed by atoms with Crippen molar-refractivity contribution in [2.75, 3.05) is 0 Å². The van der Waals surface area contributed by atoms with Gasteiger partial charge in [-0.2, -0.15) is 0 Å². The van der Waals surface area contributed by atoms with Crippen molar-refractivity contribution in [1.82, 2.24) is 9.55 Å². The number of allylic oxidation sites excluding steroid dienone is 1. The first-order valence-electron chi connectivity index (χ1n) is 5.98. The molecule has 2 rings (SSSR count). The molecule has 0 unspecified atom stereocenters. The molecule has 0 aliphatic heterocycles. The van der Waals surface area contributed by atoms with E-state index in [4.69, 9.17) is 11.6 Å². The van der Waals surface area contributed by atoms with E-state index < -0.39 is 0 Å². The van der Waals surface area contributed by atoms with Crippen LogP contribution in [-0.4, -0.2) is 9.55 Å². The zero-order valence-electron chi connectivity index (χ0n) is 10.6. The van der Waals surface area contributed by atoms with Crippen LogP contribution < -0.4 is 5.56 Å². The second-order valence-electron chi connectivity index (χ2n) is 4.62. The minimum Gasteiger partial charge on any atom is -0.298 e. The number of halogens is 2. The Morgan fingerprint density at radius 1 is 1.58 bits per heavy atom. The van der Waals surface area contributed by atoms with Gasteiger partial charge in [-0.05, 0) is 40.4 Å². The number of rotatable bonds is 4. The van der Waals surface area contributed by atoms with Gasteiger partial charge >= 0.3 is 0 Å². The highest BCUT2D eigenvalue weighted by Gasteiger charge is 2.09. The van der Waals surface area contributed by atoms with E-state index in [0.717, 1.165) is 10.9 Å². The molecule has 0 amide bonds. The number of hydrogen-bond donors (Lipinski definition) is 0. The second kappa shape index (κ2) is 5.88. The van der Waals surface area contributed by atoms with Crippen molar-refractivity contribution >= 4 is 38.4 Å². The van der Waals surface area contributed by atoms with Crippen LogP contribution in [0.4, 0.5) is 0 Å². The molecule has 1 aromatic carbocycles. The molecule has 0 spiro atoms. The Hall–Kier alpha value is -1.13. The van der Waals surface area contributed by atoms with Gasteiger partial charge in [0.05, 0.1) is 22.3 Å². The van der Waals surface area contributed by atoms with Crippen molar-refractivity contribution < 1.29 is 0 Å². The molecule has 0 N–H and O–H groups in total. The van der Waals surface area contributed by atoms with Gasteiger partial charge in [0.25, 0.3) is 5.56 Å². The van der Waals surface area contributed by atoms with Gasteiger partial charge in [0, 0.05) is 11.0 Å². The lowest BCUT2D eigenvalue weighted by Crippen LogP contribution is -2.23. The molecular weight excluding hydrogens is 328 g/mol. The Morgan fingerprint density at radius 3 is 3.00 bits per heavy atom. The first-order chi connectivity index (χ1) is 9.02. The van der Waals surface area contributed by atoms with Crippen molar-refractivity contribution in [3.8, 4) is 0 Å². The van der Waals surface area contributed by atoms with E-state index in [-0.39, 0.29) is 5.56 Å². The first-order valence-corrected chi connectivity index (χ1v) is 7.15. The van der Waals surface area contributed by atoms with Crippen molar-refractivity contribution in [3.63, 3.8) is 0 Å². The van der Waals surface area contributed by atoms with E-state index >= 15 is 0 Å². The van der Waals surface area contributed by atoms with Gasteiger partial charge in [-0.1, -0.05) is 24.6 Å². The second-order valence-corrected chi connectivity index (χ2v) is 5.88. The first kappa shape index (κ1) is 14.3. The summed E-state index contributed by atoms with van der Waals surface area (Å²) >= 11 is 9.36. The molecule has 0 saturated heterocycles. The fraction of sp³-hybridized carbons (Fsp3) is 0.286. The summed E-state index contributed by atoms with van der Waals surface area (Å²) in [4.78, 5) is 16.7. The Morgan fingerprint density at radius 2 is 2.32 bits per heavy atom. The van der Waals surface area contributed by atoms with Crippen LogP contribution in [0.1, 0.15) is 13.3 Å². The third kappa shape index (κ3) is 3.07. The van der Waals surface area contributed by atoms with E-state index in [2.05, 4.69) is 34.4 Å². The van der Waals surface area contributed by atoms with Crippen molar-refractivity contribution in [3.05, 3.63) is 51.0 Å². The van der Waals surface area contributed by atoms with Crippen LogP contribution >= 0.6 is 27.5 Å². The number of hydrogen-bond acceptors (Lipinski definition) is 2. The third-order valence-corrected chi connectivity index (χ3v) is 4.14. The minimum atomic E-state index is -0.0599. The highest BCUT2D eigenvalue weighted by atomic mass is 79.9. The van der Waals surface area contributed by atoms with Gasteiger partial charge in [-0.15, -0.1) is 6.58 Å². The van der Waals surface area contributed by atoms with Crippen LogP contribution in [0.15, 0.2) is 40.4 Å². The van der Waals surface area contributed by atoms with Gasteiger partial charge in [0.15, 0.2) is 0 Å². The summed E-state index contributed by atoms with van der Waals surface area (Å²) in [6, 6.07) is 3.42. The highest BCUT2D eigenvalue weighted by molar-refractivity contribution is 9.10. The molecule has 100 valence electrons. The smallest absolute Gasteiger partial charge is 0.261 e. The quantitative estimate of drug-likeness (QED) is 0.787. The van der Waals surface area contributed by atoms with Crippen LogP contribution in [-0.2, 0) is 6.54 Å². The molecule has 3 nitrogen and oxygen atoms in total. The predicted octanol–water partition coefficient (Wildman–Crippen LogP) is 4.02. The van der Waals surface area contributed by atoms with Crippen LogP contribution in [0.5, 0.6) is 0 Å². The largest absolute Gasteiger partial charge is 0.298 e. The molecule has 1 heterocycles. The maximum atomic E-state index is 12.4. The molecule has 0 fully saturated rings. The van der Waals surface area contributed by atoms with E-state index in [1.807, 2.05) is 6.08 Å². The van der Waals surface area contributed by atoms with Gasteiger partial charge in [-0.25, -0.2) is 4.98 Å². The Kier molecular flexibility index (Phi) is 4.42. The highest BCUT2D eigenvalue weighted by Crippen LogP contribution is 2.25. The standard InChI is InChI=1S/C14H14BrClN2O/c1-3-4-9(2)7-18-8-17-13-6-11(15)12(16)5-10(13)14(18)19/h3,5-6,8-9H,1,4,7H2,2H3/t9-/m1/s1. The molecule has 0 radical (unpaired) electrons. The average Bonchev–Trinajstić information content (AvgIpc) is 2.36. The van der Waals surface area contributed by atoms with Crippen LogP contribution in [0, 0.1) is 5.92 Å². The summed E-state index contributed by atoms with van der Waals surface area (Å²) < 4.78 is 2.37. The molecule has 5 heteroatoms. The summed E-state index contributed by atoms with van der Waals surface area (Å²) in [7, 11) is 0. The lowest BCUT2D eigenvalue weighted by molar-refractivity contribution is 0.475. The average molecular weight is 342 g/mol. The zero-order chi connectivity index (χ0) is 14.0. The fourth-order valence-electron chi connectivity index (χ4n) is 1.98. The molecule has 0 saturated carbocycles. The van der Waals surface area contributed by atoms with E-state index in [9.17, 15) is 4.79 Å². The van der Waals surface area contributed by atoms with Crippen LogP contribution in [0.3, 0.4) is 0 Å². The van der Waals surface area contributed by atoms with Crippen molar-refractivity contribution in [2.24, 2.45) is 5.92 Å². The lowest BCUT2D eigenvalue weighted by Gasteiger charge is -2.11. The molecule has 0 aliphatic rings. The molecule has 2 aromatic rings. The summed E-state index contributed by atoms with van der Waals surface area (Å²) in [6.07, 6.45) is 4.31. The molecule has 19 heavy (non-hydrogen) atoms. The summed E-state index contributed by atoms with van der Waals surface area (Å²) in [5.74, 6) is 0.348. The molecule has 0 bridgehead atoms. The monoisotopic (exact) mass is 340 g/mol. The molecule has 0 aliphatic carbocycles. The topological polar surface area (TPSA) is 34.9 Å². The molecule has 1 atom stereocenters. The van der Waals surface area contributed by atoms with Crippen LogP contribution in [0.2, 0.25) is 5.02 Å². The third-order valence-electron chi connectivity index (χ3n) is 2.94. The number of fused-ring (bicyclic) bond motifs is 1. The van der Waals surface area contributed by atoms with Crippen LogP contribution in [0.25, 0.3) is 10.9 Å². The maximum Gasteiger partial charge on any atom is 0.261 e. The maximum absolute atomic E-state index is 12.4. The summed E-state index contributed by atoms with van der Waals surface area (Å²) in [6.45, 7) is 6.41. The minimum absolute atomic E-state index is 0.0599. The molecule has 1 aromatic heterocycles. The van der Waals surface area contributed by atoms with Gasteiger partial charge < -0.3 is 0 Å². The molecular formula is C14H14BrClN2O. The SMILES string of the molecule is C=CC[C@@H](C)Cn1cnc2cc(Br)c(Cl)cc2c1=O. The number of aromatic nitrogens is 2. The van der Waals surface area contributed by atoms with E-state index in [1.54, 1.807) is 23.0 Å². The van der Waals surface area contributed by atoms with Gasteiger partial charge in [0.2, 0.25) is 0 Å². The summed E-state index contributed by atoms with van der Waals surface area (Å²) in [5, 5.41) is 1.06. The number of benzene rings is 1. The van der Waals surface area contributed by atoms with E-state index in [1.165, 1.54) is 0 Å². The number of nitrogens with zero attached hydrogens (tertiary/aromatic N) is 2. The van der Waals surface area contributed by atoms with Crippen molar-refractivity contribution in [2.45, 2.75) is 19.9 Å². The predicted molar refractivity (Wildman–Crippen MR) is 82.7 cm³/mol. The zero-order valence-corrected chi connectivity index (χ0v) is 12.9. The fourth-order valence-corrected chi connectivity index (χ4v) is 2.47. The summed E-state index contributed by atoms with van der Waals surface area (Å²) in [5.41, 5.74) is 0.587. The van der Waals surface area contributed by atoms with Gasteiger partial charge in [0.1, 0.15) is 0 Å².